The normalized spacial score (nSPS) is 18.4. The molecule has 1 N–H and O–H groups in total. The maximum Gasteiger partial charge on any atom is 0.264 e. The zero-order chi connectivity index (χ0) is 19.6. The van der Waals surface area contributed by atoms with Crippen LogP contribution in [0.15, 0.2) is 18.2 Å². The van der Waals surface area contributed by atoms with E-state index in [1.807, 2.05) is 13.1 Å². The second-order valence-corrected chi connectivity index (χ2v) is 6.84. The summed E-state index contributed by atoms with van der Waals surface area (Å²) in [7, 11) is 3.49. The van der Waals surface area contributed by atoms with Crippen LogP contribution in [0.25, 0.3) is 0 Å². The van der Waals surface area contributed by atoms with E-state index >= 15 is 0 Å². The van der Waals surface area contributed by atoms with Crippen molar-refractivity contribution in [1.29, 1.82) is 0 Å². The quantitative estimate of drug-likeness (QED) is 0.564. The van der Waals surface area contributed by atoms with E-state index in [4.69, 9.17) is 0 Å². The molecule has 1 aromatic carbocycles. The summed E-state index contributed by atoms with van der Waals surface area (Å²) in [4.78, 5) is 54.5. The summed E-state index contributed by atoms with van der Waals surface area (Å²) >= 11 is 0. The lowest BCUT2D eigenvalue weighted by Gasteiger charge is -2.34. The summed E-state index contributed by atoms with van der Waals surface area (Å²) in [5, 5.41) is 2.48. The minimum Gasteiger partial charge on any atom is -0.368 e. The molecule has 2 aliphatic heterocycles. The van der Waals surface area contributed by atoms with Gasteiger partial charge in [-0.2, -0.15) is 0 Å². The van der Waals surface area contributed by atoms with E-state index < -0.39 is 23.8 Å². The molecule has 8 nitrogen and oxygen atoms in total. The predicted octanol–water partition coefficient (Wildman–Crippen LogP) is 0.128. The summed E-state index contributed by atoms with van der Waals surface area (Å²) in [6, 6.07) is 4.24. The van der Waals surface area contributed by atoms with Gasteiger partial charge in [0, 0.05) is 39.6 Å². The number of carbonyl (C=O) groups excluding carboxylic acids is 4. The van der Waals surface area contributed by atoms with Gasteiger partial charge in [-0.3, -0.25) is 19.3 Å². The molecular formula is C19H24N4O4. The largest absolute Gasteiger partial charge is 0.368 e. The maximum absolute atomic E-state index is 13.2. The molecule has 3 rings (SSSR count). The summed E-state index contributed by atoms with van der Waals surface area (Å²) in [6.07, 6.45) is 0.888. The second-order valence-electron chi connectivity index (χ2n) is 6.84. The van der Waals surface area contributed by atoms with E-state index in [1.165, 1.54) is 7.05 Å². The molecule has 27 heavy (non-hydrogen) atoms. The number of aldehydes is 1. The Morgan fingerprint density at radius 3 is 2.52 bits per heavy atom. The van der Waals surface area contributed by atoms with Gasteiger partial charge in [0.05, 0.1) is 16.8 Å². The van der Waals surface area contributed by atoms with Crippen LogP contribution in [0.2, 0.25) is 0 Å². The number of hydrogen-bond donors (Lipinski definition) is 1. The molecule has 2 heterocycles. The van der Waals surface area contributed by atoms with Crippen molar-refractivity contribution in [2.45, 2.75) is 18.9 Å². The first kappa shape index (κ1) is 19.0. The highest BCUT2D eigenvalue weighted by molar-refractivity contribution is 6.25. The standard InChI is InChI=1S/C19H24N4O4/c1-20-17(25)15(7-4-12-24)23-18(26)13-5-3-6-14(16(13)19(23)27)22-10-8-21(2)9-11-22/h3,5-6,12,15H,4,7-11H2,1-2H3,(H,20,25). The number of amides is 3. The van der Waals surface area contributed by atoms with Gasteiger partial charge in [-0.15, -0.1) is 0 Å². The Morgan fingerprint density at radius 1 is 1.19 bits per heavy atom. The summed E-state index contributed by atoms with van der Waals surface area (Å²) in [5.74, 6) is -1.40. The molecule has 0 radical (unpaired) electrons. The summed E-state index contributed by atoms with van der Waals surface area (Å²) in [5.41, 5.74) is 1.40. The minimum atomic E-state index is -0.993. The van der Waals surface area contributed by atoms with E-state index in [0.29, 0.717) is 17.4 Å². The van der Waals surface area contributed by atoms with Crippen LogP contribution in [-0.2, 0) is 9.59 Å². The van der Waals surface area contributed by atoms with Crippen molar-refractivity contribution in [3.63, 3.8) is 0 Å². The molecule has 1 unspecified atom stereocenters. The van der Waals surface area contributed by atoms with Crippen LogP contribution in [0.5, 0.6) is 0 Å². The smallest absolute Gasteiger partial charge is 0.264 e. The zero-order valence-electron chi connectivity index (χ0n) is 15.6. The van der Waals surface area contributed by atoms with Crippen LogP contribution in [0.3, 0.4) is 0 Å². The van der Waals surface area contributed by atoms with Crippen LogP contribution in [0.4, 0.5) is 5.69 Å². The van der Waals surface area contributed by atoms with Crippen molar-refractivity contribution in [1.82, 2.24) is 15.1 Å². The molecule has 0 aliphatic carbocycles. The Hall–Kier alpha value is -2.74. The number of piperazine rings is 1. The SMILES string of the molecule is CNC(=O)C(CCC=O)N1C(=O)c2cccc(N3CCN(C)CC3)c2C1=O. The van der Waals surface area contributed by atoms with Crippen LogP contribution in [0, 0.1) is 0 Å². The lowest BCUT2D eigenvalue weighted by molar-refractivity contribution is -0.124. The number of anilines is 1. The van der Waals surface area contributed by atoms with Gasteiger partial charge in [0.25, 0.3) is 11.8 Å². The highest BCUT2D eigenvalue weighted by Gasteiger charge is 2.44. The fourth-order valence-electron chi connectivity index (χ4n) is 3.65. The van der Waals surface area contributed by atoms with Gasteiger partial charge in [0.15, 0.2) is 0 Å². The van der Waals surface area contributed by atoms with E-state index in [-0.39, 0.29) is 12.8 Å². The topological polar surface area (TPSA) is 90.0 Å². The molecule has 0 bridgehead atoms. The lowest BCUT2D eigenvalue weighted by Crippen LogP contribution is -2.49. The third kappa shape index (κ3) is 3.44. The number of nitrogens with zero attached hydrogens (tertiary/aromatic N) is 3. The van der Waals surface area contributed by atoms with Gasteiger partial charge in [-0.1, -0.05) is 6.07 Å². The van der Waals surface area contributed by atoms with Crippen LogP contribution >= 0.6 is 0 Å². The summed E-state index contributed by atoms with van der Waals surface area (Å²) < 4.78 is 0. The Bertz CT molecular complexity index is 771. The van der Waals surface area contributed by atoms with Crippen LogP contribution in [-0.4, -0.2) is 80.1 Å². The van der Waals surface area contributed by atoms with Gasteiger partial charge in [0.1, 0.15) is 12.3 Å². The Morgan fingerprint density at radius 2 is 1.89 bits per heavy atom. The Kier molecular flexibility index (Phi) is 5.55. The van der Waals surface area contributed by atoms with Gasteiger partial charge < -0.3 is 19.9 Å². The number of carbonyl (C=O) groups is 4. The third-order valence-corrected chi connectivity index (χ3v) is 5.19. The molecule has 1 fully saturated rings. The number of imide groups is 1. The molecule has 1 saturated heterocycles. The molecule has 0 saturated carbocycles. The molecule has 0 spiro atoms. The fraction of sp³-hybridized carbons (Fsp3) is 0.474. The maximum atomic E-state index is 13.2. The van der Waals surface area contributed by atoms with Crippen molar-refractivity contribution in [3.8, 4) is 0 Å². The van der Waals surface area contributed by atoms with Crippen molar-refractivity contribution < 1.29 is 19.2 Å². The van der Waals surface area contributed by atoms with E-state index in [2.05, 4.69) is 15.1 Å². The second kappa shape index (κ2) is 7.87. The highest BCUT2D eigenvalue weighted by Crippen LogP contribution is 2.34. The molecule has 2 aliphatic rings. The molecule has 1 aromatic rings. The summed E-state index contributed by atoms with van der Waals surface area (Å²) in [6.45, 7) is 3.27. The monoisotopic (exact) mass is 372 g/mol. The molecule has 0 aromatic heterocycles. The molecule has 1 atom stereocenters. The minimum absolute atomic E-state index is 0.0941. The van der Waals surface area contributed by atoms with Crippen molar-refractivity contribution in [2.24, 2.45) is 0 Å². The molecule has 8 heteroatoms. The fourth-order valence-corrected chi connectivity index (χ4v) is 3.65. The molecule has 144 valence electrons. The predicted molar refractivity (Wildman–Crippen MR) is 99.8 cm³/mol. The average molecular weight is 372 g/mol. The van der Waals surface area contributed by atoms with E-state index in [9.17, 15) is 19.2 Å². The number of rotatable bonds is 6. The van der Waals surface area contributed by atoms with E-state index in [0.717, 1.165) is 36.8 Å². The zero-order valence-corrected chi connectivity index (χ0v) is 15.6. The Balaban J connectivity index is 1.96. The van der Waals surface area contributed by atoms with Crippen LogP contribution < -0.4 is 10.2 Å². The number of fused-ring (bicyclic) bond motifs is 1. The van der Waals surface area contributed by atoms with Gasteiger partial charge in [-0.05, 0) is 25.6 Å². The highest BCUT2D eigenvalue weighted by atomic mass is 16.2. The van der Waals surface area contributed by atoms with Crippen LogP contribution in [0.1, 0.15) is 33.6 Å². The van der Waals surface area contributed by atoms with Crippen molar-refractivity contribution >= 4 is 29.7 Å². The number of hydrogen-bond acceptors (Lipinski definition) is 6. The Labute approximate surface area is 158 Å². The molecular weight excluding hydrogens is 348 g/mol. The van der Waals surface area contributed by atoms with Crippen molar-refractivity contribution in [2.75, 3.05) is 45.2 Å². The number of nitrogens with one attached hydrogen (secondary N) is 1. The average Bonchev–Trinajstić information content (AvgIpc) is 2.94. The van der Waals surface area contributed by atoms with Gasteiger partial charge in [-0.25, -0.2) is 0 Å². The first-order valence-corrected chi connectivity index (χ1v) is 9.09. The first-order chi connectivity index (χ1) is 13.0. The third-order valence-electron chi connectivity index (χ3n) is 5.19. The van der Waals surface area contributed by atoms with Crippen molar-refractivity contribution in [3.05, 3.63) is 29.3 Å². The first-order valence-electron chi connectivity index (χ1n) is 9.09. The van der Waals surface area contributed by atoms with Gasteiger partial charge >= 0.3 is 0 Å². The number of benzene rings is 1. The lowest BCUT2D eigenvalue weighted by atomic mass is 10.1. The molecule has 3 amide bonds. The van der Waals surface area contributed by atoms with Gasteiger partial charge in [0.2, 0.25) is 5.91 Å². The van der Waals surface area contributed by atoms with E-state index in [1.54, 1.807) is 12.1 Å². The number of likely N-dealkylation sites (N-methyl/N-ethyl adjacent to an activating group) is 2.